The van der Waals surface area contributed by atoms with Crippen LogP contribution in [0, 0.1) is 0 Å². The third-order valence-corrected chi connectivity index (χ3v) is 5.82. The lowest BCUT2D eigenvalue weighted by Crippen LogP contribution is -2.41. The van der Waals surface area contributed by atoms with E-state index in [0.717, 1.165) is 17.0 Å². The number of aliphatic carboxylic acids is 1. The molecule has 0 saturated heterocycles. The van der Waals surface area contributed by atoms with Crippen molar-refractivity contribution in [3.8, 4) is 5.06 Å². The highest BCUT2D eigenvalue weighted by Gasteiger charge is 2.61. The Bertz CT molecular complexity index is 1050. The first-order chi connectivity index (χ1) is 14.8. The number of allylic oxidation sites excluding steroid dienone is 2. The first-order valence-electron chi connectivity index (χ1n) is 8.91. The maximum Gasteiger partial charge on any atom is 0.499 e. The van der Waals surface area contributed by atoms with E-state index in [-0.39, 0.29) is 45.2 Å². The fourth-order valence-electron chi connectivity index (χ4n) is 3.48. The van der Waals surface area contributed by atoms with E-state index in [1.165, 1.54) is 20.1 Å². The van der Waals surface area contributed by atoms with Gasteiger partial charge in [0.1, 0.15) is 0 Å². The van der Waals surface area contributed by atoms with Crippen molar-refractivity contribution in [1.29, 1.82) is 0 Å². The molecule has 0 aromatic carbocycles. The van der Waals surface area contributed by atoms with Crippen LogP contribution in [0.4, 0.5) is 26.3 Å². The van der Waals surface area contributed by atoms with Crippen LogP contribution in [0.2, 0.25) is 0 Å². The molecule has 1 aromatic rings. The second-order valence-corrected chi connectivity index (χ2v) is 7.84. The molecule has 3 rings (SSSR count). The normalized spacial score (nSPS) is 19.2. The molecule has 1 atom stereocenters. The van der Waals surface area contributed by atoms with Gasteiger partial charge in [0.15, 0.2) is 16.6 Å². The molecule has 0 fully saturated rings. The van der Waals surface area contributed by atoms with Crippen molar-refractivity contribution in [2.75, 3.05) is 7.11 Å². The highest BCUT2D eigenvalue weighted by molar-refractivity contribution is 7.15. The molecule has 1 aliphatic carbocycles. The van der Waals surface area contributed by atoms with Gasteiger partial charge < -0.3 is 19.5 Å². The Labute approximate surface area is 181 Å². The van der Waals surface area contributed by atoms with E-state index in [0.29, 0.717) is 0 Å². The highest BCUT2D eigenvalue weighted by atomic mass is 32.1. The number of carboxylic acids is 1. The van der Waals surface area contributed by atoms with Crippen LogP contribution in [-0.2, 0) is 9.53 Å². The molecule has 2 heterocycles. The first kappa shape index (κ1) is 23.7. The minimum absolute atomic E-state index is 0.0470. The van der Waals surface area contributed by atoms with Crippen LogP contribution < -0.4 is 4.74 Å². The summed E-state index contributed by atoms with van der Waals surface area (Å²) >= 11 is 0.251. The minimum Gasteiger partial charge on any atom is -0.494 e. The van der Waals surface area contributed by atoms with Gasteiger partial charge in [0.05, 0.1) is 24.4 Å². The maximum atomic E-state index is 14.9. The largest absolute Gasteiger partial charge is 0.499 e. The third kappa shape index (κ3) is 4.08. The molecule has 1 amide bonds. The van der Waals surface area contributed by atoms with Gasteiger partial charge >= 0.3 is 18.3 Å². The number of carboxylic acid groups (broad SMARTS) is 1. The Morgan fingerprint density at radius 1 is 1.25 bits per heavy atom. The van der Waals surface area contributed by atoms with E-state index < -0.39 is 47.5 Å². The summed E-state index contributed by atoms with van der Waals surface area (Å²) in [5.41, 5.74) is 0.122. The number of halogens is 6. The molecule has 1 aliphatic heterocycles. The van der Waals surface area contributed by atoms with Crippen molar-refractivity contribution >= 4 is 23.2 Å². The quantitative estimate of drug-likeness (QED) is 0.576. The Hall–Kier alpha value is -2.96. The van der Waals surface area contributed by atoms with E-state index in [2.05, 4.69) is 4.74 Å². The number of fused-ring (bicyclic) bond motifs is 1. The summed E-state index contributed by atoms with van der Waals surface area (Å²) in [5.74, 6) is -3.07. The number of ether oxygens (including phenoxy) is 2. The van der Waals surface area contributed by atoms with Crippen molar-refractivity contribution in [3.63, 3.8) is 0 Å². The number of carbonyl (C=O) groups excluding carboxylic acids is 1. The van der Waals surface area contributed by atoms with Crippen molar-refractivity contribution < 1.29 is 50.5 Å². The number of hydrogen-bond donors (Lipinski definition) is 1. The Morgan fingerprint density at radius 2 is 1.91 bits per heavy atom. The molecule has 1 unspecified atom stereocenters. The molecule has 13 heteroatoms. The number of methoxy groups -OCH3 is 1. The number of thiophene rings is 1. The minimum atomic E-state index is -5.95. The van der Waals surface area contributed by atoms with E-state index >= 15 is 0 Å². The second kappa shape index (κ2) is 8.19. The molecule has 0 saturated carbocycles. The number of rotatable bonds is 6. The molecule has 0 bridgehead atoms. The van der Waals surface area contributed by atoms with Crippen LogP contribution in [0.15, 0.2) is 46.6 Å². The molecule has 1 aromatic heterocycles. The summed E-state index contributed by atoms with van der Waals surface area (Å²) in [6, 6.07) is 0.848. The van der Waals surface area contributed by atoms with Gasteiger partial charge in [-0.25, -0.2) is 4.39 Å². The lowest BCUT2D eigenvalue weighted by atomic mass is 9.92. The van der Waals surface area contributed by atoms with Gasteiger partial charge in [-0.15, -0.1) is 0 Å². The molecule has 174 valence electrons. The third-order valence-electron chi connectivity index (χ3n) is 4.87. The smallest absolute Gasteiger partial charge is 0.494 e. The first-order valence-corrected chi connectivity index (χ1v) is 9.73. The van der Waals surface area contributed by atoms with E-state index in [1.54, 1.807) is 0 Å². The van der Waals surface area contributed by atoms with Crippen molar-refractivity contribution in [1.82, 2.24) is 4.90 Å². The van der Waals surface area contributed by atoms with Crippen molar-refractivity contribution in [3.05, 3.63) is 51.5 Å². The number of carbonyl (C=O) groups is 2. The number of nitrogens with zero attached hydrogens (tertiary/aromatic N) is 1. The molecule has 2 aliphatic rings. The van der Waals surface area contributed by atoms with Crippen LogP contribution in [-0.4, -0.2) is 47.3 Å². The van der Waals surface area contributed by atoms with Crippen LogP contribution in [0.1, 0.15) is 29.4 Å². The maximum absolute atomic E-state index is 14.9. The molecule has 1 N–H and O–H groups in total. The molecule has 0 radical (unpaired) electrons. The molecular weight excluding hydrogens is 468 g/mol. The second-order valence-electron chi connectivity index (χ2n) is 6.80. The number of amides is 1. The zero-order valence-electron chi connectivity index (χ0n) is 16.4. The van der Waals surface area contributed by atoms with Crippen LogP contribution >= 0.6 is 11.3 Å². The molecular formula is C19H15F6NO5S. The SMILES string of the molecule is COC1=CCC2C(=C1F)C(CC(=O)O)=C(C)N2C(=O)c1ccc(OC(F)(F)C(F)(F)F)s1. The van der Waals surface area contributed by atoms with Gasteiger partial charge in [-0.1, -0.05) is 11.3 Å². The summed E-state index contributed by atoms with van der Waals surface area (Å²) in [6.45, 7) is 1.39. The topological polar surface area (TPSA) is 76.1 Å². The lowest BCUT2D eigenvalue weighted by molar-refractivity contribution is -0.359. The summed E-state index contributed by atoms with van der Waals surface area (Å²) in [4.78, 5) is 25.2. The fourth-order valence-corrected chi connectivity index (χ4v) is 4.30. The predicted molar refractivity (Wildman–Crippen MR) is 98.7 cm³/mol. The van der Waals surface area contributed by atoms with Crippen LogP contribution in [0.25, 0.3) is 0 Å². The van der Waals surface area contributed by atoms with Gasteiger partial charge in [-0.2, -0.15) is 22.0 Å². The number of alkyl halides is 5. The molecule has 0 spiro atoms. The Morgan fingerprint density at radius 3 is 2.47 bits per heavy atom. The summed E-state index contributed by atoms with van der Waals surface area (Å²) in [6.07, 6.45) is -10.6. The zero-order chi connectivity index (χ0) is 24.0. The van der Waals surface area contributed by atoms with Gasteiger partial charge in [0.25, 0.3) is 5.91 Å². The Balaban J connectivity index is 1.96. The molecule has 6 nitrogen and oxygen atoms in total. The Kier molecular flexibility index (Phi) is 6.06. The van der Waals surface area contributed by atoms with E-state index in [4.69, 9.17) is 4.74 Å². The van der Waals surface area contributed by atoms with Gasteiger partial charge in [0, 0.05) is 11.3 Å². The van der Waals surface area contributed by atoms with Crippen LogP contribution in [0.3, 0.4) is 0 Å². The van der Waals surface area contributed by atoms with E-state index in [1.807, 2.05) is 0 Å². The van der Waals surface area contributed by atoms with E-state index in [9.17, 15) is 41.0 Å². The van der Waals surface area contributed by atoms with Crippen molar-refractivity contribution in [2.24, 2.45) is 0 Å². The predicted octanol–water partition coefficient (Wildman–Crippen LogP) is 5.01. The van der Waals surface area contributed by atoms with Gasteiger partial charge in [0.2, 0.25) is 0 Å². The van der Waals surface area contributed by atoms with Gasteiger partial charge in [-0.05, 0) is 37.1 Å². The van der Waals surface area contributed by atoms with Crippen LogP contribution in [0.5, 0.6) is 5.06 Å². The summed E-state index contributed by atoms with van der Waals surface area (Å²) in [5, 5.41) is 8.35. The summed E-state index contributed by atoms with van der Waals surface area (Å²) in [7, 11) is 1.22. The highest BCUT2D eigenvalue weighted by Crippen LogP contribution is 2.45. The standard InChI is InChI=1S/C19H15F6NO5S/c1-8-9(7-13(27)28)15-10(3-4-11(30-2)16(15)20)26(8)17(29)12-5-6-14(32-12)31-19(24,25)18(21,22)23/h4-6,10H,3,7H2,1-2H3,(H,27,28). The van der Waals surface area contributed by atoms with Crippen molar-refractivity contribution in [2.45, 2.75) is 38.1 Å². The monoisotopic (exact) mass is 483 g/mol. The number of hydrogen-bond acceptors (Lipinski definition) is 5. The average molecular weight is 483 g/mol. The van der Waals surface area contributed by atoms with Gasteiger partial charge in [-0.3, -0.25) is 9.59 Å². The zero-order valence-corrected chi connectivity index (χ0v) is 17.2. The summed E-state index contributed by atoms with van der Waals surface area (Å²) < 4.78 is 86.9. The fraction of sp³-hybridized carbons (Fsp3) is 0.368. The lowest BCUT2D eigenvalue weighted by Gasteiger charge is -2.28. The molecule has 32 heavy (non-hydrogen) atoms. The average Bonchev–Trinajstić information content (AvgIpc) is 3.23.